The van der Waals surface area contributed by atoms with Gasteiger partial charge in [0.1, 0.15) is 0 Å². The number of hydrogen-bond donors (Lipinski definition) is 2. The zero-order valence-electron chi connectivity index (χ0n) is 7.45. The number of rotatable bonds is 3. The lowest BCUT2D eigenvalue weighted by Gasteiger charge is -2.07. The van der Waals surface area contributed by atoms with Crippen LogP contribution in [0.1, 0.15) is 5.56 Å². The molecule has 0 radical (unpaired) electrons. The standard InChI is InChI=1S/C9H9FO4/c1-14-9-6(11)3-2-5(8(9)10)4-7(12)13/h2-3,11H,4H2,1H3,(H,12,13). The monoisotopic (exact) mass is 200 g/mol. The van der Waals surface area contributed by atoms with E-state index in [2.05, 4.69) is 4.74 Å². The maximum absolute atomic E-state index is 13.3. The Hall–Kier alpha value is -1.78. The SMILES string of the molecule is COc1c(O)ccc(CC(=O)O)c1F. The van der Waals surface area contributed by atoms with Crippen molar-refractivity contribution in [3.63, 3.8) is 0 Å². The average molecular weight is 200 g/mol. The number of phenolic OH excluding ortho intramolecular Hbond substituents is 1. The molecule has 0 aliphatic rings. The minimum absolute atomic E-state index is 0.0212. The molecule has 0 aliphatic carbocycles. The van der Waals surface area contributed by atoms with Gasteiger partial charge >= 0.3 is 5.97 Å². The smallest absolute Gasteiger partial charge is 0.307 e. The highest BCUT2D eigenvalue weighted by atomic mass is 19.1. The molecule has 0 heterocycles. The third kappa shape index (κ3) is 1.93. The van der Waals surface area contributed by atoms with Crippen molar-refractivity contribution in [3.8, 4) is 11.5 Å². The molecule has 2 N–H and O–H groups in total. The maximum Gasteiger partial charge on any atom is 0.307 e. The van der Waals surface area contributed by atoms with E-state index < -0.39 is 18.2 Å². The lowest BCUT2D eigenvalue weighted by atomic mass is 10.1. The summed E-state index contributed by atoms with van der Waals surface area (Å²) < 4.78 is 17.9. The molecule has 0 unspecified atom stereocenters. The predicted octanol–water partition coefficient (Wildman–Crippen LogP) is 1.17. The highest BCUT2D eigenvalue weighted by Gasteiger charge is 2.15. The molecule has 4 nitrogen and oxygen atoms in total. The molecule has 76 valence electrons. The van der Waals surface area contributed by atoms with Gasteiger partial charge in [-0.15, -0.1) is 0 Å². The van der Waals surface area contributed by atoms with Crippen LogP contribution in [-0.4, -0.2) is 23.3 Å². The Labute approximate surface area is 79.6 Å². The molecule has 1 aromatic carbocycles. The van der Waals surface area contributed by atoms with Crippen LogP contribution < -0.4 is 4.74 Å². The molecule has 0 atom stereocenters. The molecule has 14 heavy (non-hydrogen) atoms. The second-order valence-corrected chi connectivity index (χ2v) is 2.66. The molecular weight excluding hydrogens is 191 g/mol. The first kappa shape index (κ1) is 10.3. The van der Waals surface area contributed by atoms with Crippen molar-refractivity contribution < 1.29 is 24.1 Å². The number of phenols is 1. The van der Waals surface area contributed by atoms with Gasteiger partial charge in [-0.1, -0.05) is 6.07 Å². The summed E-state index contributed by atoms with van der Waals surface area (Å²) in [4.78, 5) is 10.3. The van der Waals surface area contributed by atoms with E-state index in [-0.39, 0.29) is 17.1 Å². The molecule has 0 aliphatic heterocycles. The van der Waals surface area contributed by atoms with Gasteiger partial charge in [-0.25, -0.2) is 4.39 Å². The Morgan fingerprint density at radius 3 is 2.71 bits per heavy atom. The molecule has 0 saturated carbocycles. The average Bonchev–Trinajstić information content (AvgIpc) is 2.10. The Morgan fingerprint density at radius 2 is 2.21 bits per heavy atom. The van der Waals surface area contributed by atoms with E-state index in [1.807, 2.05) is 0 Å². The Balaban J connectivity index is 3.14. The minimum atomic E-state index is -1.14. The van der Waals surface area contributed by atoms with Gasteiger partial charge in [0.25, 0.3) is 0 Å². The molecule has 1 rings (SSSR count). The Kier molecular flexibility index (Phi) is 2.91. The van der Waals surface area contributed by atoms with Gasteiger partial charge in [-0.05, 0) is 6.07 Å². The molecular formula is C9H9FO4. The number of carboxylic acid groups (broad SMARTS) is 1. The first-order valence-corrected chi connectivity index (χ1v) is 3.82. The topological polar surface area (TPSA) is 66.8 Å². The normalized spacial score (nSPS) is 9.86. The predicted molar refractivity (Wildman–Crippen MR) is 46.0 cm³/mol. The molecule has 0 bridgehead atoms. The second-order valence-electron chi connectivity index (χ2n) is 2.66. The molecule has 1 aromatic rings. The number of ether oxygens (including phenoxy) is 1. The van der Waals surface area contributed by atoms with Crippen molar-refractivity contribution in [3.05, 3.63) is 23.5 Å². The van der Waals surface area contributed by atoms with Crippen molar-refractivity contribution in [2.45, 2.75) is 6.42 Å². The van der Waals surface area contributed by atoms with Crippen LogP contribution in [0.5, 0.6) is 11.5 Å². The van der Waals surface area contributed by atoms with Crippen LogP contribution in [0.4, 0.5) is 4.39 Å². The summed E-state index contributed by atoms with van der Waals surface area (Å²) in [5, 5.41) is 17.6. The molecule has 0 amide bonds. The largest absolute Gasteiger partial charge is 0.504 e. The van der Waals surface area contributed by atoms with Gasteiger partial charge < -0.3 is 14.9 Å². The third-order valence-corrected chi connectivity index (χ3v) is 1.70. The molecule has 0 aromatic heterocycles. The minimum Gasteiger partial charge on any atom is -0.504 e. The fourth-order valence-electron chi connectivity index (χ4n) is 1.08. The second kappa shape index (κ2) is 3.95. The zero-order chi connectivity index (χ0) is 10.7. The van der Waals surface area contributed by atoms with Crippen LogP contribution in [0, 0.1) is 5.82 Å². The number of hydrogen-bond acceptors (Lipinski definition) is 3. The van der Waals surface area contributed by atoms with E-state index in [4.69, 9.17) is 10.2 Å². The highest BCUT2D eigenvalue weighted by molar-refractivity contribution is 5.70. The number of aliphatic carboxylic acids is 1. The Morgan fingerprint density at radius 1 is 1.57 bits per heavy atom. The van der Waals surface area contributed by atoms with Crippen LogP contribution in [-0.2, 0) is 11.2 Å². The Bertz CT molecular complexity index is 362. The van der Waals surface area contributed by atoms with E-state index >= 15 is 0 Å². The molecule has 0 saturated heterocycles. The van der Waals surface area contributed by atoms with Crippen LogP contribution >= 0.6 is 0 Å². The van der Waals surface area contributed by atoms with E-state index in [9.17, 15) is 9.18 Å². The number of benzene rings is 1. The summed E-state index contributed by atoms with van der Waals surface area (Å²) in [6, 6.07) is 2.40. The molecule has 5 heteroatoms. The van der Waals surface area contributed by atoms with E-state index in [1.54, 1.807) is 0 Å². The summed E-state index contributed by atoms with van der Waals surface area (Å²) in [6.07, 6.45) is -0.442. The van der Waals surface area contributed by atoms with Crippen LogP contribution in [0.3, 0.4) is 0 Å². The third-order valence-electron chi connectivity index (χ3n) is 1.70. The molecule has 0 fully saturated rings. The first-order valence-electron chi connectivity index (χ1n) is 3.82. The van der Waals surface area contributed by atoms with Crippen molar-refractivity contribution in [1.82, 2.24) is 0 Å². The summed E-state index contributed by atoms with van der Waals surface area (Å²) in [5.41, 5.74) is -0.0212. The number of aromatic hydroxyl groups is 1. The summed E-state index contributed by atoms with van der Waals surface area (Å²) >= 11 is 0. The van der Waals surface area contributed by atoms with Crippen molar-refractivity contribution in [2.75, 3.05) is 7.11 Å². The van der Waals surface area contributed by atoms with E-state index in [1.165, 1.54) is 19.2 Å². The number of halogens is 1. The van der Waals surface area contributed by atoms with Gasteiger partial charge in [0.15, 0.2) is 17.3 Å². The lowest BCUT2D eigenvalue weighted by molar-refractivity contribution is -0.136. The highest BCUT2D eigenvalue weighted by Crippen LogP contribution is 2.30. The van der Waals surface area contributed by atoms with Crippen LogP contribution in [0.2, 0.25) is 0 Å². The lowest BCUT2D eigenvalue weighted by Crippen LogP contribution is -2.03. The van der Waals surface area contributed by atoms with E-state index in [0.717, 1.165) is 0 Å². The van der Waals surface area contributed by atoms with Crippen molar-refractivity contribution in [1.29, 1.82) is 0 Å². The van der Waals surface area contributed by atoms with Crippen molar-refractivity contribution in [2.24, 2.45) is 0 Å². The number of carbonyl (C=O) groups is 1. The van der Waals surface area contributed by atoms with Gasteiger partial charge in [-0.3, -0.25) is 4.79 Å². The molecule has 0 spiro atoms. The summed E-state index contributed by atoms with van der Waals surface area (Å²) in [7, 11) is 1.20. The quantitative estimate of drug-likeness (QED) is 0.768. The van der Waals surface area contributed by atoms with Gasteiger partial charge in [-0.2, -0.15) is 0 Å². The summed E-state index contributed by atoms with van der Waals surface area (Å²) in [6.45, 7) is 0. The summed E-state index contributed by atoms with van der Waals surface area (Å²) in [5.74, 6) is -2.66. The number of methoxy groups -OCH3 is 1. The van der Waals surface area contributed by atoms with Gasteiger partial charge in [0.2, 0.25) is 0 Å². The van der Waals surface area contributed by atoms with Crippen LogP contribution in [0.15, 0.2) is 12.1 Å². The fourth-order valence-corrected chi connectivity index (χ4v) is 1.08. The number of carboxylic acids is 1. The first-order chi connectivity index (χ1) is 6.56. The van der Waals surface area contributed by atoms with Gasteiger partial charge in [0, 0.05) is 5.56 Å². The van der Waals surface area contributed by atoms with E-state index in [0.29, 0.717) is 0 Å². The fraction of sp³-hybridized carbons (Fsp3) is 0.222. The van der Waals surface area contributed by atoms with Gasteiger partial charge in [0.05, 0.1) is 13.5 Å². The van der Waals surface area contributed by atoms with Crippen molar-refractivity contribution >= 4 is 5.97 Å². The maximum atomic E-state index is 13.3. The van der Waals surface area contributed by atoms with Crippen LogP contribution in [0.25, 0.3) is 0 Å². The zero-order valence-corrected chi connectivity index (χ0v) is 7.45.